The lowest BCUT2D eigenvalue weighted by Gasteiger charge is -2.18. The summed E-state index contributed by atoms with van der Waals surface area (Å²) in [4.78, 5) is 12.1. The number of carbonyl (C=O) groups is 1. The van der Waals surface area contributed by atoms with E-state index in [1.165, 1.54) is 26.2 Å². The van der Waals surface area contributed by atoms with Crippen molar-refractivity contribution >= 4 is 15.9 Å². The molecule has 0 radical (unpaired) electrons. The van der Waals surface area contributed by atoms with Crippen molar-refractivity contribution in [3.8, 4) is 5.75 Å². The van der Waals surface area contributed by atoms with Gasteiger partial charge in [-0.15, -0.1) is 0 Å². The van der Waals surface area contributed by atoms with Crippen LogP contribution in [0.3, 0.4) is 0 Å². The van der Waals surface area contributed by atoms with Crippen molar-refractivity contribution in [3.63, 3.8) is 0 Å². The summed E-state index contributed by atoms with van der Waals surface area (Å²) in [5.74, 6) is 0.233. The first-order valence-corrected chi connectivity index (χ1v) is 8.75. The molecule has 2 N–H and O–H groups in total. The van der Waals surface area contributed by atoms with Gasteiger partial charge in [-0.1, -0.05) is 13.3 Å². The van der Waals surface area contributed by atoms with Gasteiger partial charge in [0.2, 0.25) is 15.9 Å². The third kappa shape index (κ3) is 5.31. The van der Waals surface area contributed by atoms with E-state index in [0.29, 0.717) is 5.75 Å². The van der Waals surface area contributed by atoms with Crippen molar-refractivity contribution in [2.75, 3.05) is 7.11 Å². The number of benzene rings is 1. The molecule has 0 unspecified atom stereocenters. The molecular formula is C15H24N2O4S. The number of ether oxygens (including phenoxy) is 1. The predicted molar refractivity (Wildman–Crippen MR) is 85.3 cm³/mol. The highest BCUT2D eigenvalue weighted by Crippen LogP contribution is 2.15. The summed E-state index contributed by atoms with van der Waals surface area (Å²) in [6, 6.07) is 5.17. The fourth-order valence-electron chi connectivity index (χ4n) is 1.98. The standard InChI is InChI=1S/C15H24N2O4S/c1-5-6-11(2)16-15(18)12(3)17-22(19,20)14-9-7-13(21-4)8-10-14/h7-12,17H,5-6H2,1-4H3,(H,16,18)/t11-,12+/m0/s1. The summed E-state index contributed by atoms with van der Waals surface area (Å²) >= 11 is 0. The number of sulfonamides is 1. The molecule has 1 aromatic rings. The zero-order valence-electron chi connectivity index (χ0n) is 13.4. The minimum absolute atomic E-state index is 0.0189. The molecule has 7 heteroatoms. The van der Waals surface area contributed by atoms with Crippen LogP contribution in [0.5, 0.6) is 5.75 Å². The number of amides is 1. The molecule has 0 spiro atoms. The Balaban J connectivity index is 2.72. The molecule has 124 valence electrons. The second kappa shape index (κ2) is 8.14. The molecule has 1 aromatic carbocycles. The molecule has 6 nitrogen and oxygen atoms in total. The normalized spacial score (nSPS) is 14.2. The lowest BCUT2D eigenvalue weighted by atomic mass is 10.2. The summed E-state index contributed by atoms with van der Waals surface area (Å²) in [5.41, 5.74) is 0. The van der Waals surface area contributed by atoms with E-state index in [-0.39, 0.29) is 16.8 Å². The smallest absolute Gasteiger partial charge is 0.241 e. The van der Waals surface area contributed by atoms with Gasteiger partial charge < -0.3 is 10.1 Å². The topological polar surface area (TPSA) is 84.5 Å². The molecule has 0 fully saturated rings. The second-order valence-electron chi connectivity index (χ2n) is 5.22. The van der Waals surface area contributed by atoms with Crippen LogP contribution in [0.25, 0.3) is 0 Å². The van der Waals surface area contributed by atoms with E-state index in [4.69, 9.17) is 4.74 Å². The molecule has 0 heterocycles. The van der Waals surface area contributed by atoms with Gasteiger partial charge in [-0.05, 0) is 44.5 Å². The SMILES string of the molecule is CCC[C@H](C)NC(=O)[C@@H](C)NS(=O)(=O)c1ccc(OC)cc1. The van der Waals surface area contributed by atoms with E-state index in [1.54, 1.807) is 12.1 Å². The Morgan fingerprint density at radius 2 is 1.82 bits per heavy atom. The summed E-state index contributed by atoms with van der Waals surface area (Å²) < 4.78 is 31.8. The zero-order chi connectivity index (χ0) is 16.8. The van der Waals surface area contributed by atoms with Crippen LogP contribution >= 0.6 is 0 Å². The van der Waals surface area contributed by atoms with Gasteiger partial charge in [-0.25, -0.2) is 8.42 Å². The molecule has 1 amide bonds. The fraction of sp³-hybridized carbons (Fsp3) is 0.533. The molecule has 0 aliphatic carbocycles. The Bertz CT molecular complexity index is 584. The maximum absolute atomic E-state index is 12.2. The average Bonchev–Trinajstić information content (AvgIpc) is 2.47. The van der Waals surface area contributed by atoms with Crippen LogP contribution < -0.4 is 14.8 Å². The van der Waals surface area contributed by atoms with Gasteiger partial charge in [0.25, 0.3) is 0 Å². The van der Waals surface area contributed by atoms with E-state index in [1.807, 2.05) is 13.8 Å². The Labute approximate surface area is 132 Å². The molecule has 0 aromatic heterocycles. The molecule has 0 aliphatic rings. The second-order valence-corrected chi connectivity index (χ2v) is 6.93. The average molecular weight is 328 g/mol. The molecule has 1 rings (SSSR count). The van der Waals surface area contributed by atoms with Crippen molar-refractivity contribution < 1.29 is 17.9 Å². The zero-order valence-corrected chi connectivity index (χ0v) is 14.2. The Kier molecular flexibility index (Phi) is 6.83. The maximum Gasteiger partial charge on any atom is 0.241 e. The third-order valence-corrected chi connectivity index (χ3v) is 4.76. The van der Waals surface area contributed by atoms with Crippen LogP contribution in [-0.2, 0) is 14.8 Å². The summed E-state index contributed by atoms with van der Waals surface area (Å²) in [6.07, 6.45) is 1.80. The van der Waals surface area contributed by atoms with E-state index in [0.717, 1.165) is 12.8 Å². The molecule has 22 heavy (non-hydrogen) atoms. The number of hydrogen-bond donors (Lipinski definition) is 2. The van der Waals surface area contributed by atoms with Gasteiger partial charge in [0, 0.05) is 6.04 Å². The number of rotatable bonds is 8. The van der Waals surface area contributed by atoms with Gasteiger partial charge in [0.15, 0.2) is 0 Å². The van der Waals surface area contributed by atoms with E-state index >= 15 is 0 Å². The van der Waals surface area contributed by atoms with Gasteiger partial charge in [0.05, 0.1) is 18.0 Å². The van der Waals surface area contributed by atoms with Gasteiger partial charge >= 0.3 is 0 Å². The van der Waals surface area contributed by atoms with E-state index in [2.05, 4.69) is 10.0 Å². The fourth-order valence-corrected chi connectivity index (χ4v) is 3.19. The third-order valence-electron chi connectivity index (χ3n) is 3.21. The van der Waals surface area contributed by atoms with Gasteiger partial charge in [-0.2, -0.15) is 4.72 Å². The van der Waals surface area contributed by atoms with Crippen molar-refractivity contribution in [2.45, 2.75) is 50.6 Å². The Hall–Kier alpha value is -1.60. The number of carbonyl (C=O) groups excluding carboxylic acids is 1. The van der Waals surface area contributed by atoms with Crippen molar-refractivity contribution in [2.24, 2.45) is 0 Å². The number of hydrogen-bond acceptors (Lipinski definition) is 4. The molecule has 0 saturated carbocycles. The first-order valence-electron chi connectivity index (χ1n) is 7.27. The summed E-state index contributed by atoms with van der Waals surface area (Å²) in [5, 5.41) is 2.79. The lowest BCUT2D eigenvalue weighted by Crippen LogP contribution is -2.47. The van der Waals surface area contributed by atoms with Crippen molar-refractivity contribution in [3.05, 3.63) is 24.3 Å². The minimum atomic E-state index is -3.74. The van der Waals surface area contributed by atoms with Crippen LogP contribution in [0, 0.1) is 0 Å². The highest BCUT2D eigenvalue weighted by atomic mass is 32.2. The van der Waals surface area contributed by atoms with Crippen molar-refractivity contribution in [1.29, 1.82) is 0 Å². The maximum atomic E-state index is 12.2. The number of nitrogens with one attached hydrogen (secondary N) is 2. The minimum Gasteiger partial charge on any atom is -0.497 e. The molecule has 0 aliphatic heterocycles. The van der Waals surface area contributed by atoms with Crippen molar-refractivity contribution in [1.82, 2.24) is 10.0 Å². The van der Waals surface area contributed by atoms with Gasteiger partial charge in [0.1, 0.15) is 5.75 Å². The first-order chi connectivity index (χ1) is 10.3. The molecule has 0 bridgehead atoms. The Morgan fingerprint density at radius 1 is 1.23 bits per heavy atom. The lowest BCUT2D eigenvalue weighted by molar-refractivity contribution is -0.123. The van der Waals surface area contributed by atoms with E-state index < -0.39 is 16.1 Å². The summed E-state index contributed by atoms with van der Waals surface area (Å²) in [7, 11) is -2.24. The van der Waals surface area contributed by atoms with Crippen LogP contribution in [0.15, 0.2) is 29.2 Å². The quantitative estimate of drug-likeness (QED) is 0.760. The number of methoxy groups -OCH3 is 1. The van der Waals surface area contributed by atoms with Crippen LogP contribution in [-0.4, -0.2) is 33.5 Å². The Morgan fingerprint density at radius 3 is 2.32 bits per heavy atom. The first kappa shape index (κ1) is 18.4. The monoisotopic (exact) mass is 328 g/mol. The van der Waals surface area contributed by atoms with Crippen LogP contribution in [0.2, 0.25) is 0 Å². The largest absolute Gasteiger partial charge is 0.497 e. The highest BCUT2D eigenvalue weighted by Gasteiger charge is 2.22. The van der Waals surface area contributed by atoms with Gasteiger partial charge in [-0.3, -0.25) is 4.79 Å². The van der Waals surface area contributed by atoms with Crippen LogP contribution in [0.4, 0.5) is 0 Å². The summed E-state index contributed by atoms with van der Waals surface area (Å²) in [6.45, 7) is 5.44. The molecule has 2 atom stereocenters. The predicted octanol–water partition coefficient (Wildman–Crippen LogP) is 1.67. The highest BCUT2D eigenvalue weighted by molar-refractivity contribution is 7.89. The van der Waals surface area contributed by atoms with Crippen LogP contribution in [0.1, 0.15) is 33.6 Å². The molecular weight excluding hydrogens is 304 g/mol. The molecule has 0 saturated heterocycles. The van der Waals surface area contributed by atoms with E-state index in [9.17, 15) is 13.2 Å².